The third kappa shape index (κ3) is 2.89. The number of nitrogens with zero attached hydrogens (tertiary/aromatic N) is 1. The van der Waals surface area contributed by atoms with Crippen LogP contribution in [0.5, 0.6) is 0 Å². The van der Waals surface area contributed by atoms with Gasteiger partial charge in [-0.05, 0) is 39.8 Å². The Morgan fingerprint density at radius 1 is 1.30 bits per heavy atom. The molecule has 1 heterocycles. The van der Waals surface area contributed by atoms with E-state index in [4.69, 9.17) is 4.42 Å². The van der Waals surface area contributed by atoms with Crippen LogP contribution in [-0.2, 0) is 13.1 Å². The van der Waals surface area contributed by atoms with E-state index in [1.807, 2.05) is 6.07 Å². The second-order valence-corrected chi connectivity index (χ2v) is 6.16. The van der Waals surface area contributed by atoms with E-state index < -0.39 is 0 Å². The summed E-state index contributed by atoms with van der Waals surface area (Å²) in [5.74, 6) is 1.10. The summed E-state index contributed by atoms with van der Waals surface area (Å²) in [5, 5.41) is 4.82. The van der Waals surface area contributed by atoms with Crippen LogP contribution in [0.3, 0.4) is 0 Å². The quantitative estimate of drug-likeness (QED) is 0.872. The molecule has 1 saturated carbocycles. The zero-order chi connectivity index (χ0) is 14.1. The van der Waals surface area contributed by atoms with E-state index in [9.17, 15) is 0 Å². The van der Waals surface area contributed by atoms with E-state index in [2.05, 4.69) is 49.3 Å². The molecule has 1 aromatic carbocycles. The minimum absolute atomic E-state index is 0.535. The number of fused-ring (bicyclic) bond motifs is 1. The van der Waals surface area contributed by atoms with Crippen LogP contribution in [0.15, 0.2) is 28.7 Å². The molecule has 1 aliphatic rings. The Kier molecular flexibility index (Phi) is 3.81. The zero-order valence-electron chi connectivity index (χ0n) is 12.6. The maximum atomic E-state index is 6.07. The molecule has 2 aromatic rings. The largest absolute Gasteiger partial charge is 0.459 e. The van der Waals surface area contributed by atoms with E-state index >= 15 is 0 Å². The summed E-state index contributed by atoms with van der Waals surface area (Å²) < 4.78 is 6.07. The Balaban J connectivity index is 1.89. The molecule has 3 nitrogen and oxygen atoms in total. The lowest BCUT2D eigenvalue weighted by molar-refractivity contribution is 0.264. The highest BCUT2D eigenvalue weighted by atomic mass is 16.3. The molecule has 3 heteroatoms. The van der Waals surface area contributed by atoms with Crippen LogP contribution in [-0.4, -0.2) is 24.0 Å². The van der Waals surface area contributed by atoms with Crippen LogP contribution in [0.25, 0.3) is 11.0 Å². The Hall–Kier alpha value is -1.32. The Labute approximate surface area is 120 Å². The van der Waals surface area contributed by atoms with Crippen molar-refractivity contribution in [3.63, 3.8) is 0 Å². The lowest BCUT2D eigenvalue weighted by atomic mass is 10.1. The highest BCUT2D eigenvalue weighted by Gasteiger charge is 2.22. The number of furan rings is 1. The summed E-state index contributed by atoms with van der Waals surface area (Å²) in [6.45, 7) is 6.24. The smallest absolute Gasteiger partial charge is 0.134 e. The summed E-state index contributed by atoms with van der Waals surface area (Å²) in [6, 6.07) is 9.61. The van der Waals surface area contributed by atoms with Crippen LogP contribution >= 0.6 is 0 Å². The van der Waals surface area contributed by atoms with Crippen molar-refractivity contribution in [1.82, 2.24) is 10.2 Å². The molecule has 0 radical (unpaired) electrons. The summed E-state index contributed by atoms with van der Waals surface area (Å²) in [4.78, 5) is 2.36. The van der Waals surface area contributed by atoms with Crippen LogP contribution < -0.4 is 5.32 Å². The first-order valence-corrected chi connectivity index (χ1v) is 7.58. The van der Waals surface area contributed by atoms with Gasteiger partial charge in [-0.3, -0.25) is 4.90 Å². The SMILES string of the molecule is CC(C)N(C)Cc1c(CNC2CC2)oc2ccccc12. The predicted molar refractivity (Wildman–Crippen MR) is 82.7 cm³/mol. The Morgan fingerprint density at radius 2 is 2.05 bits per heavy atom. The van der Waals surface area contributed by atoms with E-state index in [0.29, 0.717) is 12.1 Å². The van der Waals surface area contributed by atoms with Gasteiger partial charge in [0.25, 0.3) is 0 Å². The van der Waals surface area contributed by atoms with Crippen molar-refractivity contribution < 1.29 is 4.42 Å². The van der Waals surface area contributed by atoms with Gasteiger partial charge in [-0.1, -0.05) is 18.2 Å². The predicted octanol–water partition coefficient (Wildman–Crippen LogP) is 3.53. The molecule has 108 valence electrons. The van der Waals surface area contributed by atoms with Crippen LogP contribution in [0.1, 0.15) is 38.0 Å². The highest BCUT2D eigenvalue weighted by molar-refractivity contribution is 5.82. The fraction of sp³-hybridized carbons (Fsp3) is 0.529. The van der Waals surface area contributed by atoms with E-state index in [1.165, 1.54) is 23.8 Å². The summed E-state index contributed by atoms with van der Waals surface area (Å²) >= 11 is 0. The van der Waals surface area contributed by atoms with Crippen LogP contribution in [0, 0.1) is 0 Å². The van der Waals surface area contributed by atoms with E-state index in [-0.39, 0.29) is 0 Å². The van der Waals surface area contributed by atoms with E-state index in [1.54, 1.807) is 0 Å². The molecule has 0 amide bonds. The molecule has 1 aliphatic carbocycles. The van der Waals surface area contributed by atoms with Gasteiger partial charge >= 0.3 is 0 Å². The Morgan fingerprint density at radius 3 is 2.75 bits per heavy atom. The summed E-state index contributed by atoms with van der Waals surface area (Å²) in [5.41, 5.74) is 2.34. The van der Waals surface area contributed by atoms with Crippen molar-refractivity contribution in [3.8, 4) is 0 Å². The molecule has 0 unspecified atom stereocenters. The van der Waals surface area contributed by atoms with Gasteiger partial charge in [0.15, 0.2) is 0 Å². The Bertz CT molecular complexity index is 584. The molecule has 0 spiro atoms. The average Bonchev–Trinajstić information content (AvgIpc) is 3.20. The summed E-state index contributed by atoms with van der Waals surface area (Å²) in [7, 11) is 2.17. The van der Waals surface area contributed by atoms with Gasteiger partial charge in [0.1, 0.15) is 11.3 Å². The first-order valence-electron chi connectivity index (χ1n) is 7.58. The standard InChI is InChI=1S/C17H24N2O/c1-12(2)19(3)11-15-14-6-4-5-7-16(14)20-17(15)10-18-13-8-9-13/h4-7,12-13,18H,8-11H2,1-3H3. The molecule has 1 aromatic heterocycles. The third-order valence-corrected chi connectivity index (χ3v) is 4.20. The number of hydrogen-bond acceptors (Lipinski definition) is 3. The van der Waals surface area contributed by atoms with Gasteiger partial charge in [0.2, 0.25) is 0 Å². The lowest BCUT2D eigenvalue weighted by Crippen LogP contribution is -2.26. The van der Waals surface area contributed by atoms with Crippen molar-refractivity contribution in [3.05, 3.63) is 35.6 Å². The van der Waals surface area contributed by atoms with Gasteiger partial charge in [0, 0.05) is 29.6 Å². The molecule has 3 rings (SSSR count). The fourth-order valence-corrected chi connectivity index (χ4v) is 2.42. The van der Waals surface area contributed by atoms with Gasteiger partial charge in [-0.15, -0.1) is 0 Å². The molecule has 1 N–H and O–H groups in total. The van der Waals surface area contributed by atoms with Crippen molar-refractivity contribution >= 4 is 11.0 Å². The molecular formula is C17H24N2O. The maximum absolute atomic E-state index is 6.07. The van der Waals surface area contributed by atoms with Gasteiger partial charge in [-0.2, -0.15) is 0 Å². The van der Waals surface area contributed by atoms with Crippen LogP contribution in [0.2, 0.25) is 0 Å². The minimum atomic E-state index is 0.535. The van der Waals surface area contributed by atoms with Gasteiger partial charge < -0.3 is 9.73 Å². The number of hydrogen-bond donors (Lipinski definition) is 1. The fourth-order valence-electron chi connectivity index (χ4n) is 2.42. The lowest BCUT2D eigenvalue weighted by Gasteiger charge is -2.21. The van der Waals surface area contributed by atoms with Crippen molar-refractivity contribution in [2.75, 3.05) is 7.05 Å². The number of benzene rings is 1. The van der Waals surface area contributed by atoms with Gasteiger partial charge in [-0.25, -0.2) is 0 Å². The number of rotatable bonds is 6. The number of para-hydroxylation sites is 1. The topological polar surface area (TPSA) is 28.4 Å². The van der Waals surface area contributed by atoms with E-state index in [0.717, 1.165) is 24.4 Å². The maximum Gasteiger partial charge on any atom is 0.134 e. The highest BCUT2D eigenvalue weighted by Crippen LogP contribution is 2.28. The molecule has 0 saturated heterocycles. The number of nitrogens with one attached hydrogen (secondary N) is 1. The third-order valence-electron chi connectivity index (χ3n) is 4.20. The second kappa shape index (κ2) is 5.58. The molecule has 0 atom stereocenters. The average molecular weight is 272 g/mol. The molecular weight excluding hydrogens is 248 g/mol. The molecule has 20 heavy (non-hydrogen) atoms. The zero-order valence-corrected chi connectivity index (χ0v) is 12.6. The molecule has 1 fully saturated rings. The first-order chi connectivity index (χ1) is 9.65. The molecule has 0 aliphatic heterocycles. The van der Waals surface area contributed by atoms with Crippen molar-refractivity contribution in [2.24, 2.45) is 0 Å². The normalized spacial score (nSPS) is 15.7. The molecule has 0 bridgehead atoms. The minimum Gasteiger partial charge on any atom is -0.459 e. The monoisotopic (exact) mass is 272 g/mol. The van der Waals surface area contributed by atoms with Crippen molar-refractivity contribution in [1.29, 1.82) is 0 Å². The first kappa shape index (κ1) is 13.7. The summed E-state index contributed by atoms with van der Waals surface area (Å²) in [6.07, 6.45) is 2.61. The van der Waals surface area contributed by atoms with Crippen molar-refractivity contribution in [2.45, 2.75) is 51.9 Å². The van der Waals surface area contributed by atoms with Gasteiger partial charge in [0.05, 0.1) is 6.54 Å². The second-order valence-electron chi connectivity index (χ2n) is 6.16. The van der Waals surface area contributed by atoms with Crippen LogP contribution in [0.4, 0.5) is 0 Å².